The van der Waals surface area contributed by atoms with E-state index in [1.165, 1.54) is 17.7 Å². The lowest BCUT2D eigenvalue weighted by molar-refractivity contribution is -0.145. The molecule has 0 fully saturated rings. The Hall–Kier alpha value is -3.79. The molecular weight excluding hydrogens is 603 g/mol. The number of ether oxygens (including phenoxy) is 1. The van der Waals surface area contributed by atoms with Crippen LogP contribution in [0.1, 0.15) is 46.4 Å². The maximum Gasteiger partial charge on any atom is 0.330 e. The van der Waals surface area contributed by atoms with Gasteiger partial charge in [0.25, 0.3) is 5.91 Å². The summed E-state index contributed by atoms with van der Waals surface area (Å²) in [5.74, 6) is -1.94. The molecule has 0 spiro atoms. The van der Waals surface area contributed by atoms with Gasteiger partial charge in [0.15, 0.2) is 0 Å². The van der Waals surface area contributed by atoms with Crippen molar-refractivity contribution in [3.8, 4) is 0 Å². The Kier molecular flexibility index (Phi) is 10.7. The molecule has 0 aromatic heterocycles. The second kappa shape index (κ2) is 14.4. The molecule has 12 heteroatoms. The molecule has 1 aliphatic rings. The average molecular weight is 632 g/mol. The van der Waals surface area contributed by atoms with Crippen LogP contribution >= 0.6 is 34.8 Å². The minimum atomic E-state index is -1.24. The van der Waals surface area contributed by atoms with Crippen molar-refractivity contribution in [2.45, 2.75) is 38.3 Å². The van der Waals surface area contributed by atoms with Crippen LogP contribution in [0.15, 0.2) is 60.7 Å². The van der Waals surface area contributed by atoms with Crippen LogP contribution in [0.5, 0.6) is 0 Å². The maximum atomic E-state index is 13.3. The SMILES string of the molecule is CCOC(=O)C(CNC(=O)NC1CCc2ccccc21)NC(=O)c1c(Cl)ccc(NC(=O)Cc2cccc(Cl)c2)c1Cl. The van der Waals surface area contributed by atoms with Crippen molar-refractivity contribution in [2.24, 2.45) is 0 Å². The van der Waals surface area contributed by atoms with Gasteiger partial charge in [-0.25, -0.2) is 9.59 Å². The van der Waals surface area contributed by atoms with Crippen LogP contribution in [-0.2, 0) is 27.2 Å². The number of carbonyl (C=O) groups is 4. The van der Waals surface area contributed by atoms with Gasteiger partial charge in [-0.15, -0.1) is 0 Å². The second-order valence-corrected chi connectivity index (χ2v) is 10.8. The zero-order valence-corrected chi connectivity index (χ0v) is 24.9. The van der Waals surface area contributed by atoms with Gasteiger partial charge in [0.1, 0.15) is 6.04 Å². The van der Waals surface area contributed by atoms with Gasteiger partial charge in [0.05, 0.1) is 46.9 Å². The largest absolute Gasteiger partial charge is 0.464 e. The number of urea groups is 1. The Morgan fingerprint density at radius 2 is 1.79 bits per heavy atom. The molecule has 0 bridgehead atoms. The van der Waals surface area contributed by atoms with E-state index < -0.39 is 29.9 Å². The van der Waals surface area contributed by atoms with Gasteiger partial charge < -0.3 is 26.0 Å². The first kappa shape index (κ1) is 31.2. The number of hydrogen-bond acceptors (Lipinski definition) is 5. The van der Waals surface area contributed by atoms with Gasteiger partial charge in [-0.2, -0.15) is 0 Å². The molecular formula is C30H29Cl3N4O5. The standard InChI is InChI=1S/C30H29Cl3N4O5/c1-2-42-29(40)24(16-34-30(41)37-22-12-10-18-7-3-4-9-20(18)22)36-28(39)26-21(32)11-13-23(27(26)33)35-25(38)15-17-6-5-8-19(31)14-17/h3-9,11,13-14,22,24H,2,10,12,15-16H2,1H3,(H,35,38)(H,36,39)(H2,34,37,41). The van der Waals surface area contributed by atoms with Gasteiger partial charge in [0.2, 0.25) is 5.91 Å². The molecule has 4 amide bonds. The predicted molar refractivity (Wildman–Crippen MR) is 162 cm³/mol. The number of halogens is 3. The molecule has 0 radical (unpaired) electrons. The lowest BCUT2D eigenvalue weighted by Crippen LogP contribution is -2.51. The molecule has 2 atom stereocenters. The smallest absolute Gasteiger partial charge is 0.330 e. The molecule has 1 aliphatic carbocycles. The van der Waals surface area contributed by atoms with Crippen molar-refractivity contribution in [3.63, 3.8) is 0 Å². The summed E-state index contributed by atoms with van der Waals surface area (Å²) in [5, 5.41) is 11.1. The summed E-state index contributed by atoms with van der Waals surface area (Å²) < 4.78 is 5.10. The fourth-order valence-corrected chi connectivity index (χ4v) is 5.46. The lowest BCUT2D eigenvalue weighted by Gasteiger charge is -2.20. The van der Waals surface area contributed by atoms with E-state index in [9.17, 15) is 19.2 Å². The zero-order chi connectivity index (χ0) is 30.2. The predicted octanol–water partition coefficient (Wildman–Crippen LogP) is 5.48. The van der Waals surface area contributed by atoms with Gasteiger partial charge in [-0.1, -0.05) is 71.2 Å². The van der Waals surface area contributed by atoms with E-state index in [-0.39, 0.29) is 46.9 Å². The first-order chi connectivity index (χ1) is 20.2. The van der Waals surface area contributed by atoms with Crippen LogP contribution in [0, 0.1) is 0 Å². The third-order valence-corrected chi connectivity index (χ3v) is 7.57. The number of rotatable bonds is 10. The molecule has 3 aromatic carbocycles. The highest BCUT2D eigenvalue weighted by Gasteiger charge is 2.28. The van der Waals surface area contributed by atoms with Crippen molar-refractivity contribution >= 4 is 64.3 Å². The van der Waals surface area contributed by atoms with Crippen LogP contribution in [0.2, 0.25) is 15.1 Å². The maximum absolute atomic E-state index is 13.3. The fraction of sp³-hybridized carbons (Fsp3) is 0.267. The van der Waals surface area contributed by atoms with Gasteiger partial charge in [-0.05, 0) is 60.7 Å². The number of esters is 1. The number of aryl methyl sites for hydroxylation is 1. The Morgan fingerprint density at radius 3 is 2.55 bits per heavy atom. The minimum absolute atomic E-state index is 0.00134. The van der Waals surface area contributed by atoms with E-state index >= 15 is 0 Å². The monoisotopic (exact) mass is 630 g/mol. The first-order valence-electron chi connectivity index (χ1n) is 13.3. The second-order valence-electron chi connectivity index (χ2n) is 9.56. The minimum Gasteiger partial charge on any atom is -0.464 e. The molecule has 0 heterocycles. The summed E-state index contributed by atoms with van der Waals surface area (Å²) in [5.41, 5.74) is 2.91. The van der Waals surface area contributed by atoms with E-state index in [4.69, 9.17) is 39.5 Å². The van der Waals surface area contributed by atoms with Gasteiger partial charge in [-0.3, -0.25) is 9.59 Å². The Morgan fingerprint density at radius 1 is 1.00 bits per heavy atom. The highest BCUT2D eigenvalue weighted by molar-refractivity contribution is 6.41. The summed E-state index contributed by atoms with van der Waals surface area (Å²) in [6, 6.07) is 15.7. The summed E-state index contributed by atoms with van der Waals surface area (Å²) in [4.78, 5) is 51.3. The molecule has 220 valence electrons. The summed E-state index contributed by atoms with van der Waals surface area (Å²) in [6.45, 7) is 1.43. The van der Waals surface area contributed by atoms with Crippen molar-refractivity contribution in [3.05, 3.63) is 98.0 Å². The third kappa shape index (κ3) is 7.94. The molecule has 42 heavy (non-hydrogen) atoms. The molecule has 2 unspecified atom stereocenters. The molecule has 0 saturated carbocycles. The highest BCUT2D eigenvalue weighted by Crippen LogP contribution is 2.32. The van der Waals surface area contributed by atoms with Gasteiger partial charge in [0, 0.05) is 5.02 Å². The van der Waals surface area contributed by atoms with Crippen molar-refractivity contribution in [1.29, 1.82) is 0 Å². The number of carbonyl (C=O) groups excluding carboxylic acids is 4. The molecule has 3 aromatic rings. The zero-order valence-electron chi connectivity index (χ0n) is 22.6. The molecule has 4 rings (SSSR count). The van der Waals surface area contributed by atoms with Crippen LogP contribution in [-0.4, -0.2) is 43.0 Å². The number of hydrogen-bond donors (Lipinski definition) is 4. The number of nitrogens with one attached hydrogen (secondary N) is 4. The Bertz CT molecular complexity index is 1500. The summed E-state index contributed by atoms with van der Waals surface area (Å²) in [7, 11) is 0. The van der Waals surface area contributed by atoms with Crippen molar-refractivity contribution < 1.29 is 23.9 Å². The molecule has 0 aliphatic heterocycles. The number of amides is 4. The van der Waals surface area contributed by atoms with E-state index in [0.717, 1.165) is 18.4 Å². The van der Waals surface area contributed by atoms with Crippen molar-refractivity contribution in [1.82, 2.24) is 16.0 Å². The molecule has 9 nitrogen and oxygen atoms in total. The lowest BCUT2D eigenvalue weighted by atomic mass is 10.1. The highest BCUT2D eigenvalue weighted by atomic mass is 35.5. The number of anilines is 1. The Labute approximate surface area is 258 Å². The van der Waals surface area contributed by atoms with Gasteiger partial charge >= 0.3 is 12.0 Å². The number of fused-ring (bicyclic) bond motifs is 1. The van der Waals surface area contributed by atoms with Crippen LogP contribution in [0.25, 0.3) is 0 Å². The summed E-state index contributed by atoms with van der Waals surface area (Å²) in [6.07, 6.45) is 1.63. The number of benzene rings is 3. The third-order valence-electron chi connectivity index (χ3n) is 6.63. The quantitative estimate of drug-likeness (QED) is 0.221. The Balaban J connectivity index is 1.42. The van der Waals surface area contributed by atoms with Crippen LogP contribution in [0.3, 0.4) is 0 Å². The van der Waals surface area contributed by atoms with E-state index in [0.29, 0.717) is 10.6 Å². The van der Waals surface area contributed by atoms with Crippen LogP contribution < -0.4 is 21.3 Å². The summed E-state index contributed by atoms with van der Waals surface area (Å²) >= 11 is 18.8. The topological polar surface area (TPSA) is 126 Å². The van der Waals surface area contributed by atoms with Crippen molar-refractivity contribution in [2.75, 3.05) is 18.5 Å². The average Bonchev–Trinajstić information content (AvgIpc) is 3.35. The van der Waals surface area contributed by atoms with E-state index in [1.54, 1.807) is 31.2 Å². The van der Waals surface area contributed by atoms with E-state index in [2.05, 4.69) is 21.3 Å². The van der Waals surface area contributed by atoms with E-state index in [1.807, 2.05) is 24.3 Å². The van der Waals surface area contributed by atoms with Crippen LogP contribution in [0.4, 0.5) is 10.5 Å². The molecule has 4 N–H and O–H groups in total. The first-order valence-corrected chi connectivity index (χ1v) is 14.4. The fourth-order valence-electron chi connectivity index (χ4n) is 4.66. The normalized spacial score (nSPS) is 14.3. The molecule has 0 saturated heterocycles.